The fourth-order valence-corrected chi connectivity index (χ4v) is 1.81. The van der Waals surface area contributed by atoms with E-state index in [1.807, 2.05) is 0 Å². The topological polar surface area (TPSA) is 56.3 Å². The van der Waals surface area contributed by atoms with Gasteiger partial charge in [-0.3, -0.25) is 0 Å². The van der Waals surface area contributed by atoms with Crippen LogP contribution in [0.5, 0.6) is 5.88 Å². The normalized spacial score (nSPS) is 17.6. The maximum Gasteiger partial charge on any atom is 0.226 e. The molecule has 0 aliphatic heterocycles. The second-order valence-electron chi connectivity index (χ2n) is 4.02. The molecule has 1 aromatic heterocycles. The summed E-state index contributed by atoms with van der Waals surface area (Å²) in [6.45, 7) is 0.747. The van der Waals surface area contributed by atoms with Crippen molar-refractivity contribution in [2.24, 2.45) is 0 Å². The summed E-state index contributed by atoms with van der Waals surface area (Å²) >= 11 is 0. The van der Waals surface area contributed by atoms with Crippen molar-refractivity contribution in [2.45, 2.75) is 24.9 Å². The Bertz CT molecular complexity index is 347. The summed E-state index contributed by atoms with van der Waals surface area (Å²) in [4.78, 5) is 8.31. The molecule has 16 heavy (non-hydrogen) atoms. The van der Waals surface area contributed by atoms with Gasteiger partial charge in [-0.2, -0.15) is 4.98 Å². The van der Waals surface area contributed by atoms with Crippen molar-refractivity contribution in [3.05, 3.63) is 12.3 Å². The van der Waals surface area contributed by atoms with Crippen LogP contribution in [-0.4, -0.2) is 36.3 Å². The molecule has 1 heterocycles. The molecular weight excluding hydrogens is 206 g/mol. The van der Waals surface area contributed by atoms with Gasteiger partial charge in [-0.05, 0) is 19.3 Å². The Labute approximate surface area is 95.2 Å². The Hall–Kier alpha value is -1.36. The van der Waals surface area contributed by atoms with Gasteiger partial charge in [-0.15, -0.1) is 0 Å². The van der Waals surface area contributed by atoms with Crippen LogP contribution in [0.25, 0.3) is 0 Å². The van der Waals surface area contributed by atoms with E-state index in [0.717, 1.165) is 19.4 Å². The summed E-state index contributed by atoms with van der Waals surface area (Å²) in [5.74, 6) is 1.15. The number of hydrogen-bond acceptors (Lipinski definition) is 5. The first-order valence-corrected chi connectivity index (χ1v) is 5.44. The van der Waals surface area contributed by atoms with Crippen LogP contribution >= 0.6 is 0 Å². The van der Waals surface area contributed by atoms with Crippen LogP contribution in [0.1, 0.15) is 19.3 Å². The van der Waals surface area contributed by atoms with Crippen molar-refractivity contribution in [1.82, 2.24) is 9.97 Å². The molecule has 88 valence electrons. The summed E-state index contributed by atoms with van der Waals surface area (Å²) in [5, 5.41) is 3.19. The highest BCUT2D eigenvalue weighted by molar-refractivity contribution is 5.28. The molecule has 1 aromatic rings. The number of nitrogens with one attached hydrogen (secondary N) is 1. The van der Waals surface area contributed by atoms with E-state index in [-0.39, 0.29) is 5.60 Å². The molecule has 1 fully saturated rings. The third-order valence-corrected chi connectivity index (χ3v) is 3.11. The first-order chi connectivity index (χ1) is 7.78. The molecule has 1 aliphatic rings. The molecule has 0 radical (unpaired) electrons. The summed E-state index contributed by atoms with van der Waals surface area (Å²) in [6, 6.07) is 1.72. The van der Waals surface area contributed by atoms with Gasteiger partial charge < -0.3 is 14.8 Å². The maximum absolute atomic E-state index is 5.50. The summed E-state index contributed by atoms with van der Waals surface area (Å²) in [7, 11) is 3.35. The zero-order valence-electron chi connectivity index (χ0n) is 9.69. The van der Waals surface area contributed by atoms with Crippen LogP contribution in [0.4, 0.5) is 5.95 Å². The molecule has 0 amide bonds. The van der Waals surface area contributed by atoms with Gasteiger partial charge in [0.1, 0.15) is 0 Å². The summed E-state index contributed by atoms with van der Waals surface area (Å²) < 4.78 is 10.5. The van der Waals surface area contributed by atoms with Gasteiger partial charge in [0.2, 0.25) is 11.8 Å². The van der Waals surface area contributed by atoms with E-state index >= 15 is 0 Å². The number of rotatable bonds is 5. The molecule has 0 spiro atoms. The molecule has 0 saturated heterocycles. The molecule has 0 aromatic carbocycles. The molecule has 5 heteroatoms. The lowest BCUT2D eigenvalue weighted by molar-refractivity contribution is -0.0602. The SMILES string of the molecule is COc1ccnc(NCC2(OC)CCC2)n1. The third-order valence-electron chi connectivity index (χ3n) is 3.11. The molecule has 2 rings (SSSR count). The monoisotopic (exact) mass is 223 g/mol. The third kappa shape index (κ3) is 2.24. The molecule has 0 atom stereocenters. The number of methoxy groups -OCH3 is 2. The van der Waals surface area contributed by atoms with E-state index in [9.17, 15) is 0 Å². The Balaban J connectivity index is 1.93. The molecule has 1 N–H and O–H groups in total. The minimum atomic E-state index is -0.0214. The first-order valence-electron chi connectivity index (χ1n) is 5.44. The minimum absolute atomic E-state index is 0.0214. The van der Waals surface area contributed by atoms with Crippen molar-refractivity contribution >= 4 is 5.95 Å². The highest BCUT2D eigenvalue weighted by Crippen LogP contribution is 2.34. The zero-order valence-corrected chi connectivity index (χ0v) is 9.69. The Morgan fingerprint density at radius 2 is 2.25 bits per heavy atom. The summed E-state index contributed by atoms with van der Waals surface area (Å²) in [6.07, 6.45) is 5.10. The quantitative estimate of drug-likeness (QED) is 0.819. The average molecular weight is 223 g/mol. The van der Waals surface area contributed by atoms with Crippen molar-refractivity contribution in [2.75, 3.05) is 26.1 Å². The van der Waals surface area contributed by atoms with Crippen molar-refractivity contribution < 1.29 is 9.47 Å². The van der Waals surface area contributed by atoms with Crippen molar-refractivity contribution in [3.63, 3.8) is 0 Å². The minimum Gasteiger partial charge on any atom is -0.481 e. The van der Waals surface area contributed by atoms with Gasteiger partial charge in [0, 0.05) is 25.9 Å². The zero-order chi connectivity index (χ0) is 11.4. The maximum atomic E-state index is 5.50. The van der Waals surface area contributed by atoms with Crippen LogP contribution in [0, 0.1) is 0 Å². The predicted molar refractivity (Wildman–Crippen MR) is 60.7 cm³/mol. The van der Waals surface area contributed by atoms with Crippen LogP contribution in [0.15, 0.2) is 12.3 Å². The largest absolute Gasteiger partial charge is 0.481 e. The van der Waals surface area contributed by atoms with Gasteiger partial charge >= 0.3 is 0 Å². The van der Waals surface area contributed by atoms with Gasteiger partial charge in [-0.25, -0.2) is 4.98 Å². The van der Waals surface area contributed by atoms with Gasteiger partial charge in [0.15, 0.2) is 0 Å². The first kappa shape index (κ1) is 11.1. The number of ether oxygens (including phenoxy) is 2. The van der Waals surface area contributed by atoms with E-state index in [0.29, 0.717) is 11.8 Å². The fraction of sp³-hybridized carbons (Fsp3) is 0.636. The second kappa shape index (κ2) is 4.65. The Kier molecular flexibility index (Phi) is 3.24. The van der Waals surface area contributed by atoms with Crippen LogP contribution < -0.4 is 10.1 Å². The fourth-order valence-electron chi connectivity index (χ4n) is 1.81. The Morgan fingerprint density at radius 1 is 1.44 bits per heavy atom. The predicted octanol–water partition coefficient (Wildman–Crippen LogP) is 1.47. The van der Waals surface area contributed by atoms with Crippen LogP contribution in [0.3, 0.4) is 0 Å². The van der Waals surface area contributed by atoms with E-state index in [4.69, 9.17) is 9.47 Å². The number of nitrogens with zero attached hydrogens (tertiary/aromatic N) is 2. The van der Waals surface area contributed by atoms with E-state index < -0.39 is 0 Å². The summed E-state index contributed by atoms with van der Waals surface area (Å²) in [5.41, 5.74) is -0.0214. The molecular formula is C11H17N3O2. The number of hydrogen-bond donors (Lipinski definition) is 1. The molecule has 5 nitrogen and oxygen atoms in total. The highest BCUT2D eigenvalue weighted by Gasteiger charge is 2.36. The number of aromatic nitrogens is 2. The van der Waals surface area contributed by atoms with E-state index in [2.05, 4.69) is 15.3 Å². The molecule has 1 aliphatic carbocycles. The lowest BCUT2D eigenvalue weighted by atomic mass is 9.80. The van der Waals surface area contributed by atoms with Crippen LogP contribution in [-0.2, 0) is 4.74 Å². The van der Waals surface area contributed by atoms with Gasteiger partial charge in [-0.1, -0.05) is 0 Å². The molecule has 1 saturated carbocycles. The van der Waals surface area contributed by atoms with Crippen molar-refractivity contribution in [3.8, 4) is 5.88 Å². The lowest BCUT2D eigenvalue weighted by Gasteiger charge is -2.40. The van der Waals surface area contributed by atoms with Crippen molar-refractivity contribution in [1.29, 1.82) is 0 Å². The second-order valence-corrected chi connectivity index (χ2v) is 4.02. The van der Waals surface area contributed by atoms with Crippen LogP contribution in [0.2, 0.25) is 0 Å². The van der Waals surface area contributed by atoms with Gasteiger partial charge in [0.25, 0.3) is 0 Å². The van der Waals surface area contributed by atoms with E-state index in [1.54, 1.807) is 26.5 Å². The lowest BCUT2D eigenvalue weighted by Crippen LogP contribution is -2.45. The average Bonchev–Trinajstić information content (AvgIpc) is 2.29. The van der Waals surface area contributed by atoms with E-state index in [1.165, 1.54) is 6.42 Å². The Morgan fingerprint density at radius 3 is 2.81 bits per heavy atom. The number of anilines is 1. The molecule has 0 unspecified atom stereocenters. The standard InChI is InChI=1S/C11H17N3O2/c1-15-9-4-7-12-10(14-9)13-8-11(16-2)5-3-6-11/h4,7H,3,5-6,8H2,1-2H3,(H,12,13,14). The smallest absolute Gasteiger partial charge is 0.226 e. The highest BCUT2D eigenvalue weighted by atomic mass is 16.5. The molecule has 0 bridgehead atoms. The van der Waals surface area contributed by atoms with Gasteiger partial charge in [0.05, 0.1) is 12.7 Å².